The Labute approximate surface area is 77.7 Å². The van der Waals surface area contributed by atoms with Crippen molar-refractivity contribution in [2.45, 2.75) is 6.10 Å². The van der Waals surface area contributed by atoms with E-state index in [2.05, 4.69) is 5.32 Å². The first-order valence-electron chi connectivity index (χ1n) is 4.41. The Morgan fingerprint density at radius 1 is 1.77 bits per heavy atom. The van der Waals surface area contributed by atoms with Crippen LogP contribution in [0.5, 0.6) is 0 Å². The molecule has 0 bridgehead atoms. The standard InChI is InChI=1S/C8H16N2O3/c1-10(6-8(11)12)5-7-4-9-2-3-13-7/h7,9H,2-6H2,1H3,(H,11,12). The Kier molecular flexibility index (Phi) is 4.14. The summed E-state index contributed by atoms with van der Waals surface area (Å²) in [7, 11) is 1.78. The van der Waals surface area contributed by atoms with Gasteiger partial charge in [0.1, 0.15) is 0 Å². The average molecular weight is 188 g/mol. The van der Waals surface area contributed by atoms with Gasteiger partial charge >= 0.3 is 5.97 Å². The molecule has 5 heteroatoms. The molecule has 0 radical (unpaired) electrons. The van der Waals surface area contributed by atoms with Crippen LogP contribution in [-0.2, 0) is 9.53 Å². The number of ether oxygens (including phenoxy) is 1. The molecule has 1 atom stereocenters. The highest BCUT2D eigenvalue weighted by Gasteiger charge is 2.16. The zero-order valence-electron chi connectivity index (χ0n) is 7.82. The van der Waals surface area contributed by atoms with E-state index in [1.165, 1.54) is 0 Å². The second-order valence-electron chi connectivity index (χ2n) is 3.29. The molecule has 1 heterocycles. The first-order chi connectivity index (χ1) is 6.18. The van der Waals surface area contributed by atoms with Crippen molar-refractivity contribution in [1.29, 1.82) is 0 Å². The van der Waals surface area contributed by atoms with Gasteiger partial charge in [0.15, 0.2) is 0 Å². The number of rotatable bonds is 4. The van der Waals surface area contributed by atoms with Crippen molar-refractivity contribution in [3.05, 3.63) is 0 Å². The third kappa shape index (κ3) is 4.21. The van der Waals surface area contributed by atoms with E-state index in [4.69, 9.17) is 9.84 Å². The van der Waals surface area contributed by atoms with E-state index in [-0.39, 0.29) is 12.6 Å². The summed E-state index contributed by atoms with van der Waals surface area (Å²) in [6.07, 6.45) is 0.123. The maximum Gasteiger partial charge on any atom is 0.317 e. The van der Waals surface area contributed by atoms with Crippen molar-refractivity contribution in [3.8, 4) is 0 Å². The summed E-state index contributed by atoms with van der Waals surface area (Å²) in [5, 5.41) is 11.7. The summed E-state index contributed by atoms with van der Waals surface area (Å²) in [6.45, 7) is 3.15. The number of carbonyl (C=O) groups is 1. The second-order valence-corrected chi connectivity index (χ2v) is 3.29. The van der Waals surface area contributed by atoms with Crippen LogP contribution in [0.15, 0.2) is 0 Å². The Bertz CT molecular complexity index is 169. The van der Waals surface area contributed by atoms with Crippen LogP contribution in [0.3, 0.4) is 0 Å². The predicted octanol–water partition coefficient (Wildman–Crippen LogP) is -1.01. The highest BCUT2D eigenvalue weighted by molar-refractivity contribution is 5.68. The molecule has 13 heavy (non-hydrogen) atoms. The molecule has 0 amide bonds. The molecule has 76 valence electrons. The normalized spacial score (nSPS) is 23.4. The SMILES string of the molecule is CN(CC(=O)O)CC1CNCCO1. The van der Waals surface area contributed by atoms with Crippen molar-refractivity contribution in [3.63, 3.8) is 0 Å². The summed E-state index contributed by atoms with van der Waals surface area (Å²) in [6, 6.07) is 0. The Morgan fingerprint density at radius 2 is 2.54 bits per heavy atom. The minimum atomic E-state index is -0.800. The lowest BCUT2D eigenvalue weighted by molar-refractivity contribution is -0.138. The van der Waals surface area contributed by atoms with Crippen LogP contribution in [0.25, 0.3) is 0 Å². The van der Waals surface area contributed by atoms with Crippen LogP contribution < -0.4 is 5.32 Å². The second kappa shape index (κ2) is 5.16. The van der Waals surface area contributed by atoms with E-state index >= 15 is 0 Å². The largest absolute Gasteiger partial charge is 0.480 e. The molecule has 1 rings (SSSR count). The lowest BCUT2D eigenvalue weighted by Gasteiger charge is -2.27. The maximum atomic E-state index is 10.4. The van der Waals surface area contributed by atoms with E-state index in [0.717, 1.165) is 13.1 Å². The van der Waals surface area contributed by atoms with Crippen LogP contribution >= 0.6 is 0 Å². The number of nitrogens with zero attached hydrogens (tertiary/aromatic N) is 1. The molecule has 5 nitrogen and oxygen atoms in total. The molecule has 0 aromatic carbocycles. The van der Waals surface area contributed by atoms with Crippen LogP contribution in [0.2, 0.25) is 0 Å². The van der Waals surface area contributed by atoms with Crippen LogP contribution in [0, 0.1) is 0 Å². The first-order valence-corrected chi connectivity index (χ1v) is 4.41. The van der Waals surface area contributed by atoms with E-state index < -0.39 is 5.97 Å². The molecule has 2 N–H and O–H groups in total. The minimum Gasteiger partial charge on any atom is -0.480 e. The Hall–Kier alpha value is -0.650. The van der Waals surface area contributed by atoms with Gasteiger partial charge in [-0.25, -0.2) is 0 Å². The van der Waals surface area contributed by atoms with Crippen molar-refractivity contribution >= 4 is 5.97 Å². The third-order valence-electron chi connectivity index (χ3n) is 1.92. The van der Waals surface area contributed by atoms with Gasteiger partial charge in [-0.15, -0.1) is 0 Å². The fourth-order valence-corrected chi connectivity index (χ4v) is 1.38. The third-order valence-corrected chi connectivity index (χ3v) is 1.92. The molecule has 0 aromatic heterocycles. The van der Waals surface area contributed by atoms with Crippen molar-refractivity contribution < 1.29 is 14.6 Å². The molecule has 1 aliphatic rings. The first kappa shape index (κ1) is 10.4. The van der Waals surface area contributed by atoms with Crippen LogP contribution in [0.1, 0.15) is 0 Å². The van der Waals surface area contributed by atoms with Gasteiger partial charge in [-0.2, -0.15) is 0 Å². The van der Waals surface area contributed by atoms with E-state index in [0.29, 0.717) is 13.2 Å². The monoisotopic (exact) mass is 188 g/mol. The molecule has 1 unspecified atom stereocenters. The fraction of sp³-hybridized carbons (Fsp3) is 0.875. The van der Waals surface area contributed by atoms with Gasteiger partial charge in [0, 0.05) is 19.6 Å². The molecule has 0 aromatic rings. The Morgan fingerprint density at radius 3 is 3.08 bits per heavy atom. The molecule has 1 saturated heterocycles. The summed E-state index contributed by atoms with van der Waals surface area (Å²) in [4.78, 5) is 12.1. The summed E-state index contributed by atoms with van der Waals surface area (Å²) in [5.74, 6) is -0.800. The van der Waals surface area contributed by atoms with Crippen LogP contribution in [-0.4, -0.2) is 61.9 Å². The number of nitrogens with one attached hydrogen (secondary N) is 1. The number of hydrogen-bond donors (Lipinski definition) is 2. The lowest BCUT2D eigenvalue weighted by Crippen LogP contribution is -2.45. The summed E-state index contributed by atoms with van der Waals surface area (Å²) < 4.78 is 5.43. The van der Waals surface area contributed by atoms with Gasteiger partial charge < -0.3 is 15.2 Å². The van der Waals surface area contributed by atoms with Crippen molar-refractivity contribution in [2.75, 3.05) is 39.8 Å². The molecule has 0 saturated carbocycles. The molecular formula is C8H16N2O3. The zero-order valence-corrected chi connectivity index (χ0v) is 7.82. The van der Waals surface area contributed by atoms with Crippen molar-refractivity contribution in [2.24, 2.45) is 0 Å². The quantitative estimate of drug-likeness (QED) is 0.592. The smallest absolute Gasteiger partial charge is 0.317 e. The van der Waals surface area contributed by atoms with E-state index in [9.17, 15) is 4.79 Å². The van der Waals surface area contributed by atoms with Gasteiger partial charge in [0.25, 0.3) is 0 Å². The molecule has 0 spiro atoms. The minimum absolute atomic E-state index is 0.0693. The lowest BCUT2D eigenvalue weighted by atomic mass is 10.3. The van der Waals surface area contributed by atoms with Crippen molar-refractivity contribution in [1.82, 2.24) is 10.2 Å². The van der Waals surface area contributed by atoms with Gasteiger partial charge in [-0.3, -0.25) is 9.69 Å². The summed E-state index contributed by atoms with van der Waals surface area (Å²) in [5.41, 5.74) is 0. The zero-order chi connectivity index (χ0) is 9.68. The number of carboxylic acid groups (broad SMARTS) is 1. The molecular weight excluding hydrogens is 172 g/mol. The number of carboxylic acids is 1. The van der Waals surface area contributed by atoms with Crippen LogP contribution in [0.4, 0.5) is 0 Å². The highest BCUT2D eigenvalue weighted by Crippen LogP contribution is 1.97. The van der Waals surface area contributed by atoms with E-state index in [1.807, 2.05) is 0 Å². The Balaban J connectivity index is 2.18. The molecule has 1 fully saturated rings. The number of aliphatic carboxylic acids is 1. The molecule has 1 aliphatic heterocycles. The number of hydrogen-bond acceptors (Lipinski definition) is 4. The number of morpholine rings is 1. The fourth-order valence-electron chi connectivity index (χ4n) is 1.38. The highest BCUT2D eigenvalue weighted by atomic mass is 16.5. The topological polar surface area (TPSA) is 61.8 Å². The van der Waals surface area contributed by atoms with E-state index in [1.54, 1.807) is 11.9 Å². The van der Waals surface area contributed by atoms with Gasteiger partial charge in [0.05, 0.1) is 19.3 Å². The summed E-state index contributed by atoms with van der Waals surface area (Å²) >= 11 is 0. The average Bonchev–Trinajstić information content (AvgIpc) is 2.04. The number of likely N-dealkylation sites (N-methyl/N-ethyl adjacent to an activating group) is 1. The predicted molar refractivity (Wildman–Crippen MR) is 47.7 cm³/mol. The van der Waals surface area contributed by atoms with Gasteiger partial charge in [0.2, 0.25) is 0 Å². The maximum absolute atomic E-state index is 10.4. The molecule has 0 aliphatic carbocycles. The van der Waals surface area contributed by atoms with Gasteiger partial charge in [-0.1, -0.05) is 0 Å². The van der Waals surface area contributed by atoms with Gasteiger partial charge in [-0.05, 0) is 7.05 Å².